The van der Waals surface area contributed by atoms with Gasteiger partial charge in [0.25, 0.3) is 0 Å². The molecule has 3 aromatic rings. The lowest BCUT2D eigenvalue weighted by Crippen LogP contribution is -2.16. The molecule has 28 heavy (non-hydrogen) atoms. The highest BCUT2D eigenvalue weighted by atomic mass is 19.2. The highest BCUT2D eigenvalue weighted by molar-refractivity contribution is 5.92. The maximum Gasteiger partial charge on any atom is 0.231 e. The molecule has 0 saturated heterocycles. The number of fused-ring (bicyclic) bond motifs is 1. The third kappa shape index (κ3) is 3.26. The zero-order valence-corrected chi connectivity index (χ0v) is 14.5. The molecule has 0 radical (unpaired) electrons. The van der Waals surface area contributed by atoms with Crippen LogP contribution in [0.1, 0.15) is 11.5 Å². The Labute approximate surface area is 156 Å². The first-order valence-corrected chi connectivity index (χ1v) is 8.22. The van der Waals surface area contributed by atoms with Crippen LogP contribution in [0.2, 0.25) is 0 Å². The van der Waals surface area contributed by atoms with Gasteiger partial charge in [0.05, 0.1) is 17.8 Å². The third-order valence-corrected chi connectivity index (χ3v) is 4.15. The molecule has 144 valence electrons. The van der Waals surface area contributed by atoms with Crippen molar-refractivity contribution in [3.05, 3.63) is 59.2 Å². The quantitative estimate of drug-likeness (QED) is 0.683. The summed E-state index contributed by atoms with van der Waals surface area (Å²) in [5.41, 5.74) is 0.500. The number of amides is 1. The molecule has 1 aromatic heterocycles. The molecule has 4 rings (SSSR count). The minimum Gasteiger partial charge on any atom is -0.454 e. The van der Waals surface area contributed by atoms with Gasteiger partial charge in [0, 0.05) is 5.56 Å². The van der Waals surface area contributed by atoms with Gasteiger partial charge in [-0.05, 0) is 37.3 Å². The van der Waals surface area contributed by atoms with Crippen molar-refractivity contribution in [2.45, 2.75) is 13.3 Å². The third-order valence-electron chi connectivity index (χ3n) is 4.15. The summed E-state index contributed by atoms with van der Waals surface area (Å²) in [6.45, 7) is 1.76. The Kier molecular flexibility index (Phi) is 4.42. The number of nitrogens with one attached hydrogen (secondary N) is 1. The number of ether oxygens (including phenoxy) is 2. The molecular formula is C19H13F3N2O4. The van der Waals surface area contributed by atoms with E-state index in [2.05, 4.69) is 10.3 Å². The molecule has 0 fully saturated rings. The minimum absolute atomic E-state index is 0.134. The first kappa shape index (κ1) is 17.9. The van der Waals surface area contributed by atoms with Crippen LogP contribution in [-0.2, 0) is 11.2 Å². The summed E-state index contributed by atoms with van der Waals surface area (Å²) in [7, 11) is 0. The van der Waals surface area contributed by atoms with Crippen molar-refractivity contribution in [1.29, 1.82) is 0 Å². The number of rotatable bonds is 4. The van der Waals surface area contributed by atoms with Crippen LogP contribution in [-0.4, -0.2) is 17.7 Å². The van der Waals surface area contributed by atoms with Crippen molar-refractivity contribution in [2.24, 2.45) is 0 Å². The average Bonchev–Trinajstić information content (AvgIpc) is 3.28. The lowest BCUT2D eigenvalue weighted by atomic mass is 10.2. The Hall–Kier alpha value is -3.49. The van der Waals surface area contributed by atoms with E-state index in [4.69, 9.17) is 13.9 Å². The van der Waals surface area contributed by atoms with E-state index in [1.54, 1.807) is 25.1 Å². The van der Waals surface area contributed by atoms with Gasteiger partial charge in [0.15, 0.2) is 29.0 Å². The second-order valence-electron chi connectivity index (χ2n) is 6.04. The molecular weight excluding hydrogens is 377 g/mol. The Morgan fingerprint density at radius 3 is 2.71 bits per heavy atom. The number of oxazole rings is 1. The van der Waals surface area contributed by atoms with E-state index in [0.717, 1.165) is 12.1 Å². The number of hydrogen-bond donors (Lipinski definition) is 1. The minimum atomic E-state index is -1.65. The van der Waals surface area contributed by atoms with E-state index < -0.39 is 29.0 Å². The van der Waals surface area contributed by atoms with Gasteiger partial charge in [0.2, 0.25) is 18.6 Å². The molecule has 1 aliphatic heterocycles. The predicted octanol–water partition coefficient (Wildman–Crippen LogP) is 3.98. The van der Waals surface area contributed by atoms with E-state index in [0.29, 0.717) is 28.5 Å². The molecule has 9 heteroatoms. The lowest BCUT2D eigenvalue weighted by Gasteiger charge is -2.06. The molecule has 1 aliphatic rings. The monoisotopic (exact) mass is 390 g/mol. The Morgan fingerprint density at radius 2 is 1.89 bits per heavy atom. The topological polar surface area (TPSA) is 73.6 Å². The molecule has 0 aliphatic carbocycles. The molecule has 6 nitrogen and oxygen atoms in total. The van der Waals surface area contributed by atoms with Gasteiger partial charge in [-0.25, -0.2) is 18.2 Å². The highest BCUT2D eigenvalue weighted by Crippen LogP contribution is 2.36. The molecule has 0 spiro atoms. The van der Waals surface area contributed by atoms with Gasteiger partial charge in [-0.15, -0.1) is 0 Å². The van der Waals surface area contributed by atoms with Gasteiger partial charge in [0.1, 0.15) is 5.76 Å². The molecule has 0 unspecified atom stereocenters. The number of hydrogen-bond acceptors (Lipinski definition) is 5. The summed E-state index contributed by atoms with van der Waals surface area (Å²) < 4.78 is 56.1. The van der Waals surface area contributed by atoms with Crippen LogP contribution in [0.3, 0.4) is 0 Å². The summed E-state index contributed by atoms with van der Waals surface area (Å²) in [6, 6.07) is 6.83. The van der Waals surface area contributed by atoms with Gasteiger partial charge < -0.3 is 19.2 Å². The molecule has 2 aromatic carbocycles. The first-order valence-electron chi connectivity index (χ1n) is 8.22. The van der Waals surface area contributed by atoms with Crippen LogP contribution in [0, 0.1) is 24.4 Å². The molecule has 1 amide bonds. The van der Waals surface area contributed by atoms with E-state index in [9.17, 15) is 18.0 Å². The predicted molar refractivity (Wildman–Crippen MR) is 91.4 cm³/mol. The number of nitrogens with zero attached hydrogens (tertiary/aromatic N) is 1. The second-order valence-corrected chi connectivity index (χ2v) is 6.04. The lowest BCUT2D eigenvalue weighted by molar-refractivity contribution is -0.115. The van der Waals surface area contributed by atoms with Crippen LogP contribution in [0.4, 0.5) is 18.9 Å². The van der Waals surface area contributed by atoms with Gasteiger partial charge in [-0.2, -0.15) is 0 Å². The average molecular weight is 390 g/mol. The fraction of sp³-hybridized carbons (Fsp3) is 0.158. The van der Waals surface area contributed by atoms with Crippen LogP contribution in [0.25, 0.3) is 11.5 Å². The Bertz CT molecular complexity index is 1080. The fourth-order valence-electron chi connectivity index (χ4n) is 2.71. The summed E-state index contributed by atoms with van der Waals surface area (Å²) in [5, 5.41) is 2.20. The number of carbonyl (C=O) groups excluding carboxylic acids is 1. The van der Waals surface area contributed by atoms with Gasteiger partial charge >= 0.3 is 0 Å². The SMILES string of the molecule is Cc1oc(-c2ccc3c(c2)OCO3)nc1CC(=O)Nc1ccc(F)c(F)c1F. The Balaban J connectivity index is 1.51. The number of aromatic nitrogens is 1. The molecule has 0 bridgehead atoms. The van der Waals surface area contributed by atoms with Crippen molar-refractivity contribution in [3.63, 3.8) is 0 Å². The zero-order valence-electron chi connectivity index (χ0n) is 14.5. The van der Waals surface area contributed by atoms with Crippen LogP contribution in [0.5, 0.6) is 11.5 Å². The number of benzene rings is 2. The second kappa shape index (κ2) is 6.91. The van der Waals surface area contributed by atoms with E-state index in [-0.39, 0.29) is 19.1 Å². The zero-order chi connectivity index (χ0) is 19.8. The summed E-state index contributed by atoms with van der Waals surface area (Å²) in [6.07, 6.45) is -0.238. The van der Waals surface area contributed by atoms with Crippen molar-refractivity contribution >= 4 is 11.6 Å². The van der Waals surface area contributed by atoms with Crippen molar-refractivity contribution in [3.8, 4) is 23.0 Å². The summed E-state index contributed by atoms with van der Waals surface area (Å²) in [4.78, 5) is 16.5. The maximum atomic E-state index is 13.7. The maximum absolute atomic E-state index is 13.7. The standard InChI is InChI=1S/C19H13F3N2O4/c1-9-13(7-16(25)23-12-4-3-11(20)17(21)18(12)22)24-19(28-9)10-2-5-14-15(6-10)27-8-26-14/h2-6H,7-8H2,1H3,(H,23,25). The largest absolute Gasteiger partial charge is 0.454 e. The van der Waals surface area contributed by atoms with E-state index in [1.165, 1.54) is 0 Å². The number of carbonyl (C=O) groups is 1. The first-order chi connectivity index (χ1) is 13.4. The summed E-state index contributed by atoms with van der Waals surface area (Å²) >= 11 is 0. The molecule has 2 heterocycles. The van der Waals surface area contributed by atoms with Gasteiger partial charge in [-0.1, -0.05) is 0 Å². The van der Waals surface area contributed by atoms with Crippen LogP contribution >= 0.6 is 0 Å². The van der Waals surface area contributed by atoms with Crippen molar-refractivity contribution in [2.75, 3.05) is 12.1 Å². The van der Waals surface area contributed by atoms with E-state index >= 15 is 0 Å². The van der Waals surface area contributed by atoms with Crippen molar-refractivity contribution in [1.82, 2.24) is 4.98 Å². The molecule has 0 atom stereocenters. The van der Waals surface area contributed by atoms with E-state index in [1.807, 2.05) is 0 Å². The molecule has 1 N–H and O–H groups in total. The van der Waals surface area contributed by atoms with Gasteiger partial charge in [-0.3, -0.25) is 4.79 Å². The van der Waals surface area contributed by atoms with Crippen molar-refractivity contribution < 1.29 is 31.9 Å². The number of halogens is 3. The number of anilines is 1. The number of aryl methyl sites for hydroxylation is 1. The highest BCUT2D eigenvalue weighted by Gasteiger charge is 2.20. The summed E-state index contributed by atoms with van der Waals surface area (Å²) in [5.74, 6) is -3.27. The fourth-order valence-corrected chi connectivity index (χ4v) is 2.71. The van der Waals surface area contributed by atoms with Crippen LogP contribution < -0.4 is 14.8 Å². The normalized spacial score (nSPS) is 12.3. The molecule has 0 saturated carbocycles. The van der Waals surface area contributed by atoms with Crippen LogP contribution in [0.15, 0.2) is 34.7 Å². The Morgan fingerprint density at radius 1 is 1.11 bits per heavy atom. The smallest absolute Gasteiger partial charge is 0.231 e.